The smallest absolute Gasteiger partial charge is 0.395 e. The number of hydrogen-bond donors (Lipinski definition) is 1. The van der Waals surface area contributed by atoms with Gasteiger partial charge in [-0.25, -0.2) is 0 Å². The van der Waals surface area contributed by atoms with Gasteiger partial charge in [0, 0.05) is 30.9 Å². The predicted molar refractivity (Wildman–Crippen MR) is 91.2 cm³/mol. The molecule has 2 heterocycles. The molecule has 1 aromatic carbocycles. The number of nitro groups is 2. The summed E-state index contributed by atoms with van der Waals surface area (Å²) in [5.41, 5.74) is 0.934. The lowest BCUT2D eigenvalue weighted by molar-refractivity contribution is -0.402. The minimum atomic E-state index is -0.740. The van der Waals surface area contributed by atoms with Crippen molar-refractivity contribution in [2.24, 2.45) is 5.92 Å². The maximum absolute atomic E-state index is 12.3. The maximum Gasteiger partial charge on any atom is 0.433 e. The number of carbonyl (C=O) groups is 2. The van der Waals surface area contributed by atoms with Gasteiger partial charge >= 0.3 is 5.88 Å². The molecule has 1 N–H and O–H groups in total. The average molecular weight is 374 g/mol. The van der Waals surface area contributed by atoms with Crippen LogP contribution in [0.1, 0.15) is 16.1 Å². The molecule has 1 aromatic heterocycles. The van der Waals surface area contributed by atoms with Gasteiger partial charge in [0.2, 0.25) is 5.91 Å². The van der Waals surface area contributed by atoms with Gasteiger partial charge in [-0.3, -0.25) is 29.8 Å². The fourth-order valence-corrected chi connectivity index (χ4v) is 2.64. The molecule has 11 nitrogen and oxygen atoms in total. The third kappa shape index (κ3) is 3.61. The number of nitro benzene ring substituents is 1. The Morgan fingerprint density at radius 1 is 1.15 bits per heavy atom. The lowest BCUT2D eigenvalue weighted by Crippen LogP contribution is -2.54. The molecule has 140 valence electrons. The summed E-state index contributed by atoms with van der Waals surface area (Å²) in [7, 11) is 0. The number of benzene rings is 1. The van der Waals surface area contributed by atoms with Gasteiger partial charge in [0.1, 0.15) is 4.92 Å². The van der Waals surface area contributed by atoms with Crippen LogP contribution in [0.5, 0.6) is 0 Å². The molecule has 0 atom stereocenters. The van der Waals surface area contributed by atoms with Gasteiger partial charge in [0.25, 0.3) is 11.6 Å². The van der Waals surface area contributed by atoms with Crippen LogP contribution < -0.4 is 5.32 Å². The number of rotatable bonds is 5. The van der Waals surface area contributed by atoms with Crippen molar-refractivity contribution < 1.29 is 23.9 Å². The van der Waals surface area contributed by atoms with Crippen molar-refractivity contribution in [3.05, 3.63) is 61.9 Å². The Hall–Kier alpha value is -3.76. The van der Waals surface area contributed by atoms with Crippen LogP contribution in [0.2, 0.25) is 0 Å². The van der Waals surface area contributed by atoms with E-state index in [-0.39, 0.29) is 30.4 Å². The molecule has 0 spiro atoms. The summed E-state index contributed by atoms with van der Waals surface area (Å²) in [5.74, 6) is -1.98. The summed E-state index contributed by atoms with van der Waals surface area (Å²) in [6.07, 6.45) is 0. The van der Waals surface area contributed by atoms with E-state index in [9.17, 15) is 29.8 Å². The first kappa shape index (κ1) is 18.0. The lowest BCUT2D eigenvalue weighted by atomic mass is 9.98. The van der Waals surface area contributed by atoms with Crippen molar-refractivity contribution in [2.45, 2.75) is 6.92 Å². The fourth-order valence-electron chi connectivity index (χ4n) is 2.64. The number of hydrogen-bond acceptors (Lipinski definition) is 7. The number of likely N-dealkylation sites (tertiary alicyclic amines) is 1. The van der Waals surface area contributed by atoms with E-state index in [0.717, 1.165) is 6.07 Å². The normalized spacial score (nSPS) is 13.7. The summed E-state index contributed by atoms with van der Waals surface area (Å²) in [4.78, 5) is 45.8. The zero-order chi connectivity index (χ0) is 19.7. The number of amides is 2. The number of anilines is 1. The molecule has 11 heteroatoms. The van der Waals surface area contributed by atoms with Crippen molar-refractivity contribution in [3.63, 3.8) is 0 Å². The van der Waals surface area contributed by atoms with Gasteiger partial charge in [0.15, 0.2) is 5.76 Å². The standard InChI is InChI=1S/C16H14N4O7/c1-9-6-11(19(23)24)2-3-12(9)17-15(21)10-7-18(8-10)16(22)13-4-5-14(27-13)20(25)26/h2-6,10H,7-8H2,1H3,(H,17,21). The Labute approximate surface area is 151 Å². The van der Waals surface area contributed by atoms with Gasteiger partial charge in [-0.2, -0.15) is 0 Å². The summed E-state index contributed by atoms with van der Waals surface area (Å²) in [5, 5.41) is 24.0. The number of nitrogens with zero attached hydrogens (tertiary/aromatic N) is 3. The highest BCUT2D eigenvalue weighted by Gasteiger charge is 2.37. The van der Waals surface area contributed by atoms with Gasteiger partial charge in [-0.1, -0.05) is 0 Å². The van der Waals surface area contributed by atoms with Crippen molar-refractivity contribution in [1.29, 1.82) is 0 Å². The van der Waals surface area contributed by atoms with Gasteiger partial charge in [-0.05, 0) is 24.6 Å². The molecule has 1 saturated heterocycles. The van der Waals surface area contributed by atoms with Crippen LogP contribution in [0, 0.1) is 33.1 Å². The van der Waals surface area contributed by atoms with Crippen molar-refractivity contribution in [3.8, 4) is 0 Å². The second kappa shape index (κ2) is 6.86. The van der Waals surface area contributed by atoms with E-state index in [4.69, 9.17) is 4.42 Å². The summed E-state index contributed by atoms with van der Waals surface area (Å²) in [6.45, 7) is 1.93. The first-order chi connectivity index (χ1) is 12.8. The number of carbonyl (C=O) groups excluding carboxylic acids is 2. The molecule has 0 radical (unpaired) electrons. The van der Waals surface area contributed by atoms with Gasteiger partial charge in [-0.15, -0.1) is 0 Å². The van der Waals surface area contributed by atoms with Gasteiger partial charge < -0.3 is 14.6 Å². The van der Waals surface area contributed by atoms with E-state index < -0.39 is 27.6 Å². The Morgan fingerprint density at radius 2 is 1.85 bits per heavy atom. The van der Waals surface area contributed by atoms with Crippen LogP contribution in [0.3, 0.4) is 0 Å². The van der Waals surface area contributed by atoms with Crippen LogP contribution in [-0.2, 0) is 4.79 Å². The monoisotopic (exact) mass is 374 g/mol. The molecule has 0 unspecified atom stereocenters. The summed E-state index contributed by atoms with van der Waals surface area (Å²) < 4.78 is 4.86. The molecule has 0 bridgehead atoms. The van der Waals surface area contributed by atoms with E-state index in [0.29, 0.717) is 11.3 Å². The number of non-ortho nitro benzene ring substituents is 1. The minimum absolute atomic E-state index is 0.0709. The highest BCUT2D eigenvalue weighted by atomic mass is 16.6. The van der Waals surface area contributed by atoms with Crippen LogP contribution in [0.4, 0.5) is 17.3 Å². The van der Waals surface area contributed by atoms with Crippen molar-refractivity contribution in [2.75, 3.05) is 18.4 Å². The molecule has 1 fully saturated rings. The second-order valence-corrected chi connectivity index (χ2v) is 6.05. The molecular weight excluding hydrogens is 360 g/mol. The SMILES string of the molecule is Cc1cc([N+](=O)[O-])ccc1NC(=O)C1CN(C(=O)c2ccc([N+](=O)[O-])o2)C1. The lowest BCUT2D eigenvalue weighted by Gasteiger charge is -2.37. The van der Waals surface area contributed by atoms with Crippen LogP contribution >= 0.6 is 0 Å². The number of nitrogens with one attached hydrogen (secondary N) is 1. The maximum atomic E-state index is 12.3. The summed E-state index contributed by atoms with van der Waals surface area (Å²) in [6, 6.07) is 6.41. The van der Waals surface area contributed by atoms with E-state index >= 15 is 0 Å². The quantitative estimate of drug-likeness (QED) is 0.622. The largest absolute Gasteiger partial charge is 0.433 e. The fraction of sp³-hybridized carbons (Fsp3) is 0.250. The van der Waals surface area contributed by atoms with E-state index in [1.54, 1.807) is 6.92 Å². The predicted octanol–water partition coefficient (Wildman–Crippen LogP) is 2.12. The number of aryl methyl sites for hydroxylation is 1. The summed E-state index contributed by atoms with van der Waals surface area (Å²) >= 11 is 0. The van der Waals surface area contributed by atoms with Gasteiger partial charge in [0.05, 0.1) is 16.9 Å². The van der Waals surface area contributed by atoms with E-state index in [1.165, 1.54) is 29.2 Å². The molecule has 1 aliphatic heterocycles. The molecule has 2 amide bonds. The van der Waals surface area contributed by atoms with Crippen LogP contribution in [0.15, 0.2) is 34.7 Å². The zero-order valence-electron chi connectivity index (χ0n) is 14.1. The van der Waals surface area contributed by atoms with Crippen LogP contribution in [-0.4, -0.2) is 39.7 Å². The molecule has 3 rings (SSSR count). The Balaban J connectivity index is 1.57. The third-order valence-corrected chi connectivity index (χ3v) is 4.20. The van der Waals surface area contributed by atoms with Crippen LogP contribution in [0.25, 0.3) is 0 Å². The van der Waals surface area contributed by atoms with E-state index in [1.807, 2.05) is 0 Å². The third-order valence-electron chi connectivity index (χ3n) is 4.20. The Morgan fingerprint density at radius 3 is 2.41 bits per heavy atom. The molecule has 1 aliphatic rings. The Kier molecular flexibility index (Phi) is 4.59. The van der Waals surface area contributed by atoms with E-state index in [2.05, 4.69) is 5.32 Å². The molecule has 0 aliphatic carbocycles. The van der Waals surface area contributed by atoms with Crippen molar-refractivity contribution >= 4 is 29.1 Å². The number of furan rings is 1. The van der Waals surface area contributed by atoms with Crippen molar-refractivity contribution in [1.82, 2.24) is 4.90 Å². The first-order valence-corrected chi connectivity index (χ1v) is 7.85. The molecular formula is C16H14N4O7. The highest BCUT2D eigenvalue weighted by Crippen LogP contribution is 2.25. The minimum Gasteiger partial charge on any atom is -0.395 e. The molecule has 27 heavy (non-hydrogen) atoms. The molecule has 0 saturated carbocycles. The average Bonchev–Trinajstić information content (AvgIpc) is 3.05. The first-order valence-electron chi connectivity index (χ1n) is 7.85. The topological polar surface area (TPSA) is 149 Å². The zero-order valence-corrected chi connectivity index (χ0v) is 14.1. The highest BCUT2D eigenvalue weighted by molar-refractivity contribution is 5.97. The molecule has 2 aromatic rings. The second-order valence-electron chi connectivity index (χ2n) is 6.05. The Bertz CT molecular complexity index is 946.